The van der Waals surface area contributed by atoms with Crippen LogP contribution in [0.1, 0.15) is 47.2 Å². The molecule has 1 heterocycles. The van der Waals surface area contributed by atoms with Gasteiger partial charge in [0, 0.05) is 33.1 Å². The van der Waals surface area contributed by atoms with E-state index in [0.29, 0.717) is 36.0 Å². The van der Waals surface area contributed by atoms with Crippen molar-refractivity contribution in [1.82, 2.24) is 0 Å². The van der Waals surface area contributed by atoms with Gasteiger partial charge in [-0.1, -0.05) is 148 Å². The largest absolute Gasteiger partial charge is 0.488 e. The molecule has 1 saturated heterocycles. The first-order valence-electron chi connectivity index (χ1n) is 20.5. The zero-order chi connectivity index (χ0) is 42.5. The monoisotopic (exact) mass is 858 g/mol. The molecule has 11 heteroatoms. The summed E-state index contributed by atoms with van der Waals surface area (Å²) in [7, 11) is 0.540. The Hall–Kier alpha value is -3.97. The maximum Gasteiger partial charge on any atom is 0.272 e. The van der Waals surface area contributed by atoms with Gasteiger partial charge < -0.3 is 33.2 Å². The van der Waals surface area contributed by atoms with Crippen LogP contribution in [0, 0.1) is 0 Å². The summed E-state index contributed by atoms with van der Waals surface area (Å²) in [6.45, 7) is 10.1. The van der Waals surface area contributed by atoms with Gasteiger partial charge in [-0.2, -0.15) is 0 Å². The number of ether oxygens (including phenoxy) is 7. The zero-order valence-electron chi connectivity index (χ0n) is 35.1. The molecule has 0 unspecified atom stereocenters. The maximum absolute atomic E-state index is 12.8. The molecule has 6 rings (SSSR count). The predicted molar refractivity (Wildman–Crippen MR) is 235 cm³/mol. The Morgan fingerprint density at radius 2 is 1.27 bits per heavy atom. The third kappa shape index (κ3) is 12.1. The van der Waals surface area contributed by atoms with Gasteiger partial charge in [0.05, 0.1) is 26.4 Å². The van der Waals surface area contributed by atoms with E-state index in [1.54, 1.807) is 19.2 Å². The molecule has 7 nitrogen and oxygen atoms in total. The van der Waals surface area contributed by atoms with Crippen LogP contribution in [0.2, 0.25) is 23.2 Å². The highest BCUT2D eigenvalue weighted by Gasteiger charge is 2.58. The zero-order valence-corrected chi connectivity index (χ0v) is 37.0. The molecule has 1 aliphatic rings. The van der Waals surface area contributed by atoms with Crippen LogP contribution in [-0.4, -0.2) is 66.6 Å². The van der Waals surface area contributed by atoms with E-state index in [2.05, 4.69) is 26.9 Å². The van der Waals surface area contributed by atoms with Gasteiger partial charge in [-0.3, -0.25) is 0 Å². The molecule has 1 aliphatic heterocycles. The minimum atomic E-state index is -2.56. The molecule has 0 spiro atoms. The molecule has 0 aliphatic carbocycles. The number of rotatable bonds is 21. The van der Waals surface area contributed by atoms with E-state index < -0.39 is 52.0 Å². The molecule has 5 aromatic carbocycles. The van der Waals surface area contributed by atoms with Crippen LogP contribution in [0.5, 0.6) is 5.75 Å². The standard InChI is InChI=1S/C49H57ClF2O7Si/c1-48(2,60(4)5)34-54-32-43-45(56-29-36-15-9-6-10-16-36)46(57-30-37-17-11-7-12-18-37)47(58-31-38-19-13-8-14-20-38)49(53-3,59-43)40-23-26-42(50)39(28-40)27-35-21-24-41(25-22-35)55-33-44(51)52/h6-26,28,43-47,60H,27,29-34H2,1-5H3/t43-,45-,46+,47-,49+/m1/s1. The van der Waals surface area contributed by atoms with Crippen LogP contribution in [0.15, 0.2) is 133 Å². The Labute approximate surface area is 360 Å². The summed E-state index contributed by atoms with van der Waals surface area (Å²) in [4.78, 5) is 0. The highest BCUT2D eigenvalue weighted by Crippen LogP contribution is 2.45. The second-order valence-electron chi connectivity index (χ2n) is 16.3. The SMILES string of the molecule is CO[C@@]1(c2ccc(Cl)c(Cc3ccc(OCC(F)F)cc3)c2)O[C@H](COCC(C)(C)[SiH](C)C)[C@@H](OCc2ccccc2)[C@H](OCc2ccccc2)[C@H]1OCc1ccccc1. The summed E-state index contributed by atoms with van der Waals surface area (Å²) in [5.74, 6) is -1.16. The van der Waals surface area contributed by atoms with Crippen LogP contribution >= 0.6 is 11.6 Å². The second kappa shape index (κ2) is 21.7. The minimum Gasteiger partial charge on any atom is -0.488 e. The third-order valence-corrected chi connectivity index (χ3v) is 15.0. The highest BCUT2D eigenvalue weighted by molar-refractivity contribution is 6.59. The topological polar surface area (TPSA) is 64.6 Å². The van der Waals surface area contributed by atoms with Crippen molar-refractivity contribution in [2.75, 3.05) is 26.9 Å². The number of benzene rings is 5. The summed E-state index contributed by atoms with van der Waals surface area (Å²) < 4.78 is 72.2. The molecule has 0 radical (unpaired) electrons. The molecule has 0 amide bonds. The molecular weight excluding hydrogens is 802 g/mol. The first-order valence-corrected chi connectivity index (χ1v) is 23.8. The predicted octanol–water partition coefficient (Wildman–Crippen LogP) is 10.8. The Bertz CT molecular complexity index is 2020. The van der Waals surface area contributed by atoms with Gasteiger partial charge in [-0.25, -0.2) is 8.78 Å². The second-order valence-corrected chi connectivity index (χ2v) is 20.5. The van der Waals surface area contributed by atoms with Crippen molar-refractivity contribution in [3.05, 3.63) is 172 Å². The fourth-order valence-corrected chi connectivity index (χ4v) is 7.73. The Morgan fingerprint density at radius 1 is 0.717 bits per heavy atom. The number of hydrogen-bond acceptors (Lipinski definition) is 7. The Balaban J connectivity index is 1.43. The molecule has 320 valence electrons. The Morgan fingerprint density at radius 3 is 1.80 bits per heavy atom. The maximum atomic E-state index is 12.8. The van der Waals surface area contributed by atoms with E-state index in [9.17, 15) is 8.78 Å². The summed E-state index contributed by atoms with van der Waals surface area (Å²) >= 11 is 6.92. The van der Waals surface area contributed by atoms with Gasteiger partial charge in [0.1, 0.15) is 36.8 Å². The van der Waals surface area contributed by atoms with E-state index >= 15 is 0 Å². The fraction of sp³-hybridized carbons (Fsp3) is 0.388. The molecule has 1 fully saturated rings. The van der Waals surface area contributed by atoms with Crippen molar-refractivity contribution in [2.45, 2.75) is 94.8 Å². The van der Waals surface area contributed by atoms with Gasteiger partial charge >= 0.3 is 0 Å². The lowest BCUT2D eigenvalue weighted by Crippen LogP contribution is -2.66. The molecular formula is C49H57ClF2O7Si. The first kappa shape index (κ1) is 45.6. The van der Waals surface area contributed by atoms with Crippen molar-refractivity contribution in [1.29, 1.82) is 0 Å². The average molecular weight is 860 g/mol. The first-order chi connectivity index (χ1) is 29.0. The van der Waals surface area contributed by atoms with Gasteiger partial charge in [-0.05, 0) is 63.5 Å². The van der Waals surface area contributed by atoms with Crippen LogP contribution in [0.3, 0.4) is 0 Å². The van der Waals surface area contributed by atoms with Crippen LogP contribution in [0.4, 0.5) is 8.78 Å². The molecule has 60 heavy (non-hydrogen) atoms. The quantitative estimate of drug-likeness (QED) is 0.0681. The van der Waals surface area contributed by atoms with Crippen LogP contribution in [0.25, 0.3) is 0 Å². The highest BCUT2D eigenvalue weighted by atomic mass is 35.5. The summed E-state index contributed by atoms with van der Waals surface area (Å²) in [5.41, 5.74) is 5.35. The van der Waals surface area contributed by atoms with E-state index in [1.807, 2.05) is 121 Å². The van der Waals surface area contributed by atoms with E-state index in [0.717, 1.165) is 27.8 Å². The van der Waals surface area contributed by atoms with Gasteiger partial charge in [-0.15, -0.1) is 0 Å². The summed E-state index contributed by atoms with van der Waals surface area (Å²) in [6.07, 6.45) is -4.99. The van der Waals surface area contributed by atoms with Gasteiger partial charge in [0.2, 0.25) is 5.79 Å². The lowest BCUT2D eigenvalue weighted by atomic mass is 9.86. The normalized spacial score (nSPS) is 20.8. The fourth-order valence-electron chi connectivity index (χ4n) is 7.10. The minimum absolute atomic E-state index is 0.0380. The molecule has 0 N–H and O–H groups in total. The van der Waals surface area contributed by atoms with Crippen LogP contribution < -0.4 is 4.74 Å². The number of halogens is 3. The number of methoxy groups -OCH3 is 1. The molecule has 0 aromatic heterocycles. The lowest BCUT2D eigenvalue weighted by molar-refractivity contribution is -0.385. The van der Waals surface area contributed by atoms with Crippen molar-refractivity contribution >= 4 is 20.4 Å². The van der Waals surface area contributed by atoms with Crippen molar-refractivity contribution in [3.63, 3.8) is 0 Å². The van der Waals surface area contributed by atoms with Gasteiger partial charge in [0.25, 0.3) is 6.43 Å². The van der Waals surface area contributed by atoms with Crippen molar-refractivity contribution in [3.8, 4) is 5.75 Å². The average Bonchev–Trinajstić information content (AvgIpc) is 3.26. The van der Waals surface area contributed by atoms with Gasteiger partial charge in [0.15, 0.2) is 0 Å². The summed E-state index contributed by atoms with van der Waals surface area (Å²) in [5, 5.41) is 0.581. The van der Waals surface area contributed by atoms with Crippen molar-refractivity contribution < 1.29 is 41.9 Å². The van der Waals surface area contributed by atoms with E-state index in [-0.39, 0.29) is 24.9 Å². The van der Waals surface area contributed by atoms with Crippen molar-refractivity contribution in [2.24, 2.45) is 0 Å². The van der Waals surface area contributed by atoms with Crippen LogP contribution in [-0.2, 0) is 60.4 Å². The molecule has 5 atom stereocenters. The summed E-state index contributed by atoms with van der Waals surface area (Å²) in [6, 6.07) is 42.8. The third-order valence-electron chi connectivity index (χ3n) is 11.3. The number of alkyl halides is 2. The van der Waals surface area contributed by atoms with E-state index in [1.165, 1.54) is 0 Å². The Kier molecular flexibility index (Phi) is 16.5. The number of hydrogen-bond donors (Lipinski definition) is 0. The molecule has 0 bridgehead atoms. The molecule has 5 aromatic rings. The van der Waals surface area contributed by atoms with E-state index in [4.69, 9.17) is 44.8 Å². The smallest absolute Gasteiger partial charge is 0.272 e. The lowest BCUT2D eigenvalue weighted by Gasteiger charge is -2.52. The molecule has 0 saturated carbocycles.